The fourth-order valence-corrected chi connectivity index (χ4v) is 4.62. The van der Waals surface area contributed by atoms with Crippen LogP contribution in [0.1, 0.15) is 30.6 Å². The number of fused-ring (bicyclic) bond motifs is 1. The topological polar surface area (TPSA) is 120 Å². The van der Waals surface area contributed by atoms with Crippen molar-refractivity contribution in [2.45, 2.75) is 44.6 Å². The number of benzene rings is 1. The van der Waals surface area contributed by atoms with Crippen molar-refractivity contribution >= 4 is 27.6 Å². The summed E-state index contributed by atoms with van der Waals surface area (Å²) in [5.41, 5.74) is 1.03. The van der Waals surface area contributed by atoms with Crippen LogP contribution in [0.25, 0.3) is 0 Å². The Balaban J connectivity index is 1.53. The number of nitrogens with one attached hydrogen (secondary N) is 2. The van der Waals surface area contributed by atoms with Gasteiger partial charge in [-0.1, -0.05) is 6.92 Å². The summed E-state index contributed by atoms with van der Waals surface area (Å²) in [7, 11) is -3.40. The van der Waals surface area contributed by atoms with Gasteiger partial charge in [0, 0.05) is 11.3 Å². The molecule has 0 aliphatic carbocycles. The highest BCUT2D eigenvalue weighted by molar-refractivity contribution is 7.89. The molecule has 154 valence electrons. The fourth-order valence-electron chi connectivity index (χ4n) is 3.30. The van der Waals surface area contributed by atoms with E-state index < -0.39 is 40.5 Å². The molecule has 1 aromatic rings. The Morgan fingerprint density at radius 2 is 1.82 bits per heavy atom. The summed E-state index contributed by atoms with van der Waals surface area (Å²) in [6, 6.07) is 5.93. The number of hydrogen-bond acceptors (Lipinski definition) is 7. The van der Waals surface area contributed by atoms with E-state index in [9.17, 15) is 18.0 Å². The van der Waals surface area contributed by atoms with E-state index in [0.717, 1.165) is 0 Å². The lowest BCUT2D eigenvalue weighted by Gasteiger charge is -2.18. The highest BCUT2D eigenvalue weighted by Gasteiger charge is 2.50. The highest BCUT2D eigenvalue weighted by atomic mass is 32.2. The van der Waals surface area contributed by atoms with E-state index in [4.69, 9.17) is 14.2 Å². The van der Waals surface area contributed by atoms with Crippen LogP contribution < -0.4 is 10.0 Å². The minimum atomic E-state index is -3.40. The Bertz CT molecular complexity index is 825. The van der Waals surface area contributed by atoms with E-state index in [0.29, 0.717) is 17.7 Å². The van der Waals surface area contributed by atoms with Gasteiger partial charge >= 0.3 is 6.09 Å². The summed E-state index contributed by atoms with van der Waals surface area (Å²) in [4.78, 5) is 23.4. The molecule has 2 N–H and O–H groups in total. The zero-order valence-electron chi connectivity index (χ0n) is 15.7. The average molecular weight is 412 g/mol. The maximum Gasteiger partial charge on any atom is 0.412 e. The van der Waals surface area contributed by atoms with Crippen LogP contribution in [0.2, 0.25) is 0 Å². The third-order valence-electron chi connectivity index (χ3n) is 4.61. The molecule has 1 amide bonds. The smallest absolute Gasteiger partial charge is 0.412 e. The monoisotopic (exact) mass is 412 g/mol. The predicted octanol–water partition coefficient (Wildman–Crippen LogP) is 1.30. The molecule has 0 spiro atoms. The van der Waals surface area contributed by atoms with Gasteiger partial charge in [0.2, 0.25) is 10.0 Å². The minimum absolute atomic E-state index is 0.0334. The number of ether oxygens (including phenoxy) is 3. The van der Waals surface area contributed by atoms with E-state index in [1.54, 1.807) is 31.2 Å². The molecule has 4 atom stereocenters. The second-order valence-corrected chi connectivity index (χ2v) is 8.71. The van der Waals surface area contributed by atoms with Crippen molar-refractivity contribution in [3.8, 4) is 0 Å². The molecule has 2 aliphatic heterocycles. The molecule has 0 bridgehead atoms. The molecular weight excluding hydrogens is 388 g/mol. The normalized spacial score (nSPS) is 26.6. The predicted molar refractivity (Wildman–Crippen MR) is 101 cm³/mol. The number of rotatable bonds is 7. The largest absolute Gasteiger partial charge is 0.441 e. The quantitative estimate of drug-likeness (QED) is 0.648. The van der Waals surface area contributed by atoms with Gasteiger partial charge in [-0.15, -0.1) is 0 Å². The summed E-state index contributed by atoms with van der Waals surface area (Å²) in [5, 5.41) is 2.59. The molecule has 0 unspecified atom stereocenters. The van der Waals surface area contributed by atoms with Gasteiger partial charge in [0.25, 0.3) is 0 Å². The van der Waals surface area contributed by atoms with Gasteiger partial charge in [-0.05, 0) is 37.6 Å². The second-order valence-electron chi connectivity index (χ2n) is 6.84. The molecule has 0 aromatic heterocycles. The SMILES string of the molecule is CCCS(=O)(=O)N[C@@H]1CO[C@@H]2[C@@H]1OC[C@H]2OC(=O)Nc1ccc(C(C)=O)cc1. The molecule has 1 aromatic carbocycles. The Morgan fingerprint density at radius 3 is 2.46 bits per heavy atom. The Kier molecular flexibility index (Phi) is 6.33. The van der Waals surface area contributed by atoms with Gasteiger partial charge < -0.3 is 14.2 Å². The zero-order chi connectivity index (χ0) is 20.3. The van der Waals surface area contributed by atoms with Crippen molar-refractivity contribution < 1.29 is 32.2 Å². The van der Waals surface area contributed by atoms with E-state index in [2.05, 4.69) is 10.0 Å². The number of carbonyl (C=O) groups is 2. The molecule has 9 nitrogen and oxygen atoms in total. The number of carbonyl (C=O) groups excluding carboxylic acids is 2. The number of anilines is 1. The van der Waals surface area contributed by atoms with Crippen molar-refractivity contribution in [1.29, 1.82) is 0 Å². The number of sulfonamides is 1. The molecule has 10 heteroatoms. The molecule has 2 fully saturated rings. The van der Waals surface area contributed by atoms with E-state index in [1.165, 1.54) is 6.92 Å². The Labute approximate surface area is 163 Å². The van der Waals surface area contributed by atoms with Gasteiger partial charge in [-0.2, -0.15) is 0 Å². The first-order valence-corrected chi connectivity index (χ1v) is 10.8. The lowest BCUT2D eigenvalue weighted by atomic mass is 10.1. The number of hydrogen-bond donors (Lipinski definition) is 2. The first kappa shape index (κ1) is 20.7. The Morgan fingerprint density at radius 1 is 1.14 bits per heavy atom. The summed E-state index contributed by atoms with van der Waals surface area (Å²) >= 11 is 0. The lowest BCUT2D eigenvalue weighted by Crippen LogP contribution is -2.45. The molecule has 2 aliphatic rings. The van der Waals surface area contributed by atoms with Gasteiger partial charge in [0.05, 0.1) is 25.0 Å². The average Bonchev–Trinajstić information content (AvgIpc) is 3.19. The number of Topliss-reactive ketones (excluding diaryl/α,β-unsaturated/α-hetero) is 1. The van der Waals surface area contributed by atoms with Crippen LogP contribution >= 0.6 is 0 Å². The van der Waals surface area contributed by atoms with Crippen LogP contribution in [0.15, 0.2) is 24.3 Å². The van der Waals surface area contributed by atoms with Crippen molar-refractivity contribution in [2.75, 3.05) is 24.3 Å². The maximum absolute atomic E-state index is 12.1. The summed E-state index contributed by atoms with van der Waals surface area (Å²) < 4.78 is 43.2. The van der Waals surface area contributed by atoms with Gasteiger partial charge in [0.15, 0.2) is 11.9 Å². The van der Waals surface area contributed by atoms with Crippen molar-refractivity contribution in [2.24, 2.45) is 0 Å². The lowest BCUT2D eigenvalue weighted by molar-refractivity contribution is 0.00883. The second kappa shape index (κ2) is 8.56. The number of amides is 1. The molecule has 2 heterocycles. The molecular formula is C18H24N2O7S. The van der Waals surface area contributed by atoms with Crippen LogP contribution in [-0.4, -0.2) is 63.6 Å². The van der Waals surface area contributed by atoms with E-state index in [1.807, 2.05) is 0 Å². The van der Waals surface area contributed by atoms with Crippen molar-refractivity contribution in [3.63, 3.8) is 0 Å². The van der Waals surface area contributed by atoms with Crippen LogP contribution in [0.3, 0.4) is 0 Å². The third kappa shape index (κ3) is 4.88. The van der Waals surface area contributed by atoms with Crippen LogP contribution in [-0.2, 0) is 24.2 Å². The van der Waals surface area contributed by atoms with Gasteiger partial charge in [-0.3, -0.25) is 10.1 Å². The summed E-state index contributed by atoms with van der Waals surface area (Å²) in [5.74, 6) is -0.0307. The standard InChI is InChI=1S/C18H24N2O7S/c1-3-8-28(23,24)20-14-9-25-17-15(10-26-16(14)17)27-18(22)19-13-6-4-12(5-7-13)11(2)21/h4-7,14-17,20H,3,8-10H2,1-2H3,(H,19,22)/t14-,15-,16-,17+/m1/s1. The molecule has 2 saturated heterocycles. The first-order chi connectivity index (χ1) is 13.3. The van der Waals surface area contributed by atoms with Crippen LogP contribution in [0.5, 0.6) is 0 Å². The van der Waals surface area contributed by atoms with E-state index >= 15 is 0 Å². The molecule has 0 saturated carbocycles. The van der Waals surface area contributed by atoms with Gasteiger partial charge in [-0.25, -0.2) is 17.9 Å². The summed E-state index contributed by atoms with van der Waals surface area (Å²) in [6.07, 6.45) is -1.83. The van der Waals surface area contributed by atoms with Crippen LogP contribution in [0.4, 0.5) is 10.5 Å². The van der Waals surface area contributed by atoms with Crippen LogP contribution in [0, 0.1) is 0 Å². The molecule has 28 heavy (non-hydrogen) atoms. The van der Waals surface area contributed by atoms with Crippen molar-refractivity contribution in [3.05, 3.63) is 29.8 Å². The molecule has 0 radical (unpaired) electrons. The Hall–Kier alpha value is -2.01. The first-order valence-electron chi connectivity index (χ1n) is 9.11. The fraction of sp³-hybridized carbons (Fsp3) is 0.556. The zero-order valence-corrected chi connectivity index (χ0v) is 16.5. The van der Waals surface area contributed by atoms with Gasteiger partial charge in [0.1, 0.15) is 12.2 Å². The molecule has 3 rings (SSSR count). The minimum Gasteiger partial charge on any atom is -0.441 e. The van der Waals surface area contributed by atoms with E-state index in [-0.39, 0.29) is 24.7 Å². The maximum atomic E-state index is 12.1. The number of ketones is 1. The summed E-state index contributed by atoms with van der Waals surface area (Å²) in [6.45, 7) is 3.53. The third-order valence-corrected chi connectivity index (χ3v) is 6.22. The van der Waals surface area contributed by atoms with Crippen molar-refractivity contribution in [1.82, 2.24) is 4.72 Å². The highest BCUT2D eigenvalue weighted by Crippen LogP contribution is 2.29.